The first-order chi connectivity index (χ1) is 14.3. The van der Waals surface area contributed by atoms with Gasteiger partial charge in [0, 0.05) is 61.4 Å². The number of H-pyrrole nitrogens is 1. The molecule has 5 heteroatoms. The second-order valence-electron chi connectivity index (χ2n) is 7.69. The Kier molecular flexibility index (Phi) is 4.66. The Hall–Kier alpha value is -3.31. The Balaban J connectivity index is 1.31. The van der Waals surface area contributed by atoms with E-state index in [9.17, 15) is 4.79 Å². The minimum atomic E-state index is -0.0283. The lowest BCUT2D eigenvalue weighted by molar-refractivity contribution is 0.0898. The molecule has 0 aliphatic carbocycles. The highest BCUT2D eigenvalue weighted by Gasteiger charge is 2.26. The molecule has 5 nitrogen and oxygen atoms in total. The van der Waals surface area contributed by atoms with Crippen molar-refractivity contribution in [1.29, 1.82) is 0 Å². The van der Waals surface area contributed by atoms with Crippen LogP contribution in [-0.4, -0.2) is 32.9 Å². The molecule has 2 aromatic heterocycles. The first kappa shape index (κ1) is 17.8. The van der Waals surface area contributed by atoms with E-state index in [1.54, 1.807) is 0 Å². The molecular formula is C24H24N4O. The van der Waals surface area contributed by atoms with Crippen molar-refractivity contribution in [3.8, 4) is 0 Å². The number of aromatic nitrogens is 2. The van der Waals surface area contributed by atoms with Crippen LogP contribution in [0, 0.1) is 0 Å². The minimum absolute atomic E-state index is 0.0283. The van der Waals surface area contributed by atoms with Crippen molar-refractivity contribution in [1.82, 2.24) is 19.8 Å². The van der Waals surface area contributed by atoms with Gasteiger partial charge in [0.1, 0.15) is 0 Å². The normalized spacial score (nSPS) is 16.6. The van der Waals surface area contributed by atoms with Crippen molar-refractivity contribution in [2.24, 2.45) is 0 Å². The molecule has 0 radical (unpaired) electrons. The van der Waals surface area contributed by atoms with Crippen molar-refractivity contribution < 1.29 is 4.79 Å². The fourth-order valence-electron chi connectivity index (χ4n) is 4.15. The Morgan fingerprint density at radius 1 is 1.07 bits per heavy atom. The van der Waals surface area contributed by atoms with E-state index >= 15 is 0 Å². The number of fused-ring (bicyclic) bond motifs is 2. The minimum Gasteiger partial charge on any atom is -0.361 e. The van der Waals surface area contributed by atoms with Crippen LogP contribution in [0.1, 0.15) is 21.6 Å². The Labute approximate surface area is 170 Å². The first-order valence-corrected chi connectivity index (χ1v) is 10.0. The summed E-state index contributed by atoms with van der Waals surface area (Å²) in [5, 5.41) is 4.27. The van der Waals surface area contributed by atoms with Gasteiger partial charge in [0.25, 0.3) is 5.91 Å². The topological polar surface area (TPSA) is 53.1 Å². The van der Waals surface area contributed by atoms with Crippen LogP contribution in [-0.2, 0) is 19.6 Å². The number of rotatable bonds is 5. The smallest absolute Gasteiger partial charge is 0.251 e. The fourth-order valence-corrected chi connectivity index (χ4v) is 4.15. The SMILES string of the molecule is O=C(NCC1Cn2cccc2CN1Cc1ccccc1)c1ccc2cc[nH]c2c1. The molecule has 1 aliphatic rings. The summed E-state index contributed by atoms with van der Waals surface area (Å²) in [5.41, 5.74) is 4.28. The van der Waals surface area contributed by atoms with E-state index in [0.717, 1.165) is 30.5 Å². The van der Waals surface area contributed by atoms with Crippen LogP contribution in [0.4, 0.5) is 0 Å². The number of benzene rings is 2. The van der Waals surface area contributed by atoms with E-state index in [2.05, 4.69) is 62.4 Å². The molecule has 5 rings (SSSR count). The molecule has 0 saturated carbocycles. The van der Waals surface area contributed by atoms with Gasteiger partial charge in [-0.15, -0.1) is 0 Å². The molecule has 2 aromatic carbocycles. The van der Waals surface area contributed by atoms with Crippen LogP contribution in [0.5, 0.6) is 0 Å². The molecule has 146 valence electrons. The number of nitrogens with zero attached hydrogens (tertiary/aromatic N) is 2. The third kappa shape index (κ3) is 3.69. The van der Waals surface area contributed by atoms with E-state index in [1.165, 1.54) is 11.3 Å². The number of carbonyl (C=O) groups is 1. The van der Waals surface area contributed by atoms with Gasteiger partial charge in [-0.25, -0.2) is 0 Å². The van der Waals surface area contributed by atoms with E-state index in [1.807, 2.05) is 36.5 Å². The maximum atomic E-state index is 12.8. The molecule has 2 N–H and O–H groups in total. The van der Waals surface area contributed by atoms with Crippen LogP contribution in [0.25, 0.3) is 10.9 Å². The fraction of sp³-hybridized carbons (Fsp3) is 0.208. The second-order valence-corrected chi connectivity index (χ2v) is 7.69. The molecule has 1 atom stereocenters. The van der Waals surface area contributed by atoms with Gasteiger partial charge in [0.05, 0.1) is 0 Å². The number of aromatic amines is 1. The molecule has 0 fully saturated rings. The lowest BCUT2D eigenvalue weighted by Crippen LogP contribution is -2.48. The Bertz CT molecular complexity index is 1130. The van der Waals surface area contributed by atoms with Gasteiger partial charge in [-0.1, -0.05) is 36.4 Å². The lowest BCUT2D eigenvalue weighted by Gasteiger charge is -2.37. The number of nitrogens with one attached hydrogen (secondary N) is 2. The predicted octanol–water partition coefficient (Wildman–Crippen LogP) is 3.78. The van der Waals surface area contributed by atoms with Gasteiger partial charge in [-0.05, 0) is 41.3 Å². The van der Waals surface area contributed by atoms with Crippen LogP contribution in [0.2, 0.25) is 0 Å². The highest BCUT2D eigenvalue weighted by atomic mass is 16.1. The number of carbonyl (C=O) groups excluding carboxylic acids is 1. The van der Waals surface area contributed by atoms with Crippen LogP contribution in [0.3, 0.4) is 0 Å². The van der Waals surface area contributed by atoms with Gasteiger partial charge in [-0.2, -0.15) is 0 Å². The molecule has 29 heavy (non-hydrogen) atoms. The highest BCUT2D eigenvalue weighted by molar-refractivity contribution is 5.97. The summed E-state index contributed by atoms with van der Waals surface area (Å²) in [4.78, 5) is 18.4. The second kappa shape index (κ2) is 7.60. The Morgan fingerprint density at radius 2 is 1.97 bits per heavy atom. The average molecular weight is 384 g/mol. The summed E-state index contributed by atoms with van der Waals surface area (Å²) in [6, 6.07) is 22.8. The van der Waals surface area contributed by atoms with Gasteiger partial charge in [0.2, 0.25) is 0 Å². The number of amides is 1. The lowest BCUT2D eigenvalue weighted by atomic mass is 10.1. The van der Waals surface area contributed by atoms with Gasteiger partial charge >= 0.3 is 0 Å². The highest BCUT2D eigenvalue weighted by Crippen LogP contribution is 2.21. The van der Waals surface area contributed by atoms with E-state index < -0.39 is 0 Å². The van der Waals surface area contributed by atoms with E-state index in [0.29, 0.717) is 12.1 Å². The predicted molar refractivity (Wildman–Crippen MR) is 115 cm³/mol. The molecular weight excluding hydrogens is 360 g/mol. The van der Waals surface area contributed by atoms with Crippen molar-refractivity contribution in [3.05, 3.63) is 95.9 Å². The van der Waals surface area contributed by atoms with Gasteiger partial charge < -0.3 is 14.9 Å². The zero-order valence-electron chi connectivity index (χ0n) is 16.2. The molecule has 0 bridgehead atoms. The summed E-state index contributed by atoms with van der Waals surface area (Å²) < 4.78 is 2.29. The quantitative estimate of drug-likeness (QED) is 0.550. The van der Waals surface area contributed by atoms with Gasteiger partial charge in [0.15, 0.2) is 0 Å². The monoisotopic (exact) mass is 384 g/mol. The molecule has 1 amide bonds. The van der Waals surface area contributed by atoms with E-state index in [-0.39, 0.29) is 11.9 Å². The maximum Gasteiger partial charge on any atom is 0.251 e. The third-order valence-corrected chi connectivity index (χ3v) is 5.76. The third-order valence-electron chi connectivity index (χ3n) is 5.76. The van der Waals surface area contributed by atoms with Crippen LogP contribution in [0.15, 0.2) is 79.1 Å². The Morgan fingerprint density at radius 3 is 2.86 bits per heavy atom. The maximum absolute atomic E-state index is 12.8. The molecule has 4 aromatic rings. The summed E-state index contributed by atoms with van der Waals surface area (Å²) >= 11 is 0. The summed E-state index contributed by atoms with van der Waals surface area (Å²) in [5.74, 6) is -0.0283. The van der Waals surface area contributed by atoms with Crippen molar-refractivity contribution in [2.45, 2.75) is 25.7 Å². The summed E-state index contributed by atoms with van der Waals surface area (Å²) in [6.45, 7) is 3.26. The summed E-state index contributed by atoms with van der Waals surface area (Å²) in [6.07, 6.45) is 4.02. The van der Waals surface area contributed by atoms with E-state index in [4.69, 9.17) is 0 Å². The molecule has 3 heterocycles. The van der Waals surface area contributed by atoms with Crippen LogP contribution < -0.4 is 5.32 Å². The molecule has 0 spiro atoms. The average Bonchev–Trinajstić information content (AvgIpc) is 3.40. The van der Waals surface area contributed by atoms with Crippen molar-refractivity contribution >= 4 is 16.8 Å². The van der Waals surface area contributed by atoms with Crippen LogP contribution >= 0.6 is 0 Å². The van der Waals surface area contributed by atoms with Gasteiger partial charge in [-0.3, -0.25) is 9.69 Å². The first-order valence-electron chi connectivity index (χ1n) is 10.0. The number of hydrogen-bond donors (Lipinski definition) is 2. The summed E-state index contributed by atoms with van der Waals surface area (Å²) in [7, 11) is 0. The molecule has 1 unspecified atom stereocenters. The number of hydrogen-bond acceptors (Lipinski definition) is 2. The zero-order valence-corrected chi connectivity index (χ0v) is 16.2. The zero-order chi connectivity index (χ0) is 19.6. The standard InChI is InChI=1S/C24H24N4O/c29-24(20-9-8-19-10-11-25-23(19)13-20)26-14-22-17-27-12-4-7-21(27)16-28(22)15-18-5-2-1-3-6-18/h1-13,22,25H,14-17H2,(H,26,29). The van der Waals surface area contributed by atoms with Crippen molar-refractivity contribution in [3.63, 3.8) is 0 Å². The van der Waals surface area contributed by atoms with Crippen molar-refractivity contribution in [2.75, 3.05) is 6.54 Å². The molecule has 0 saturated heterocycles. The largest absolute Gasteiger partial charge is 0.361 e. The molecule has 1 aliphatic heterocycles.